The van der Waals surface area contributed by atoms with Gasteiger partial charge in [-0.1, -0.05) is 5.16 Å². The minimum atomic E-state index is -2.85. The van der Waals surface area contributed by atoms with Gasteiger partial charge in [-0.05, 0) is 32.7 Å². The van der Waals surface area contributed by atoms with Crippen molar-refractivity contribution in [3.63, 3.8) is 0 Å². The largest absolute Gasteiger partial charge is 0.409 e. The number of nitrogens with zero attached hydrogens (tertiary/aromatic N) is 1. The van der Waals surface area contributed by atoms with Gasteiger partial charge in [0.2, 0.25) is 0 Å². The molecule has 0 spiro atoms. The minimum absolute atomic E-state index is 0.222. The van der Waals surface area contributed by atoms with Crippen molar-refractivity contribution >= 4 is 15.7 Å². The number of nitrogens with one attached hydrogen (secondary N) is 1. The molecule has 0 radical (unpaired) electrons. The third kappa shape index (κ3) is 4.91. The van der Waals surface area contributed by atoms with E-state index in [9.17, 15) is 8.42 Å². The van der Waals surface area contributed by atoms with E-state index in [1.54, 1.807) is 0 Å². The van der Waals surface area contributed by atoms with E-state index in [1.165, 1.54) is 0 Å². The summed E-state index contributed by atoms with van der Waals surface area (Å²) in [5.74, 6) is 0.737. The Morgan fingerprint density at radius 3 is 2.76 bits per heavy atom. The van der Waals surface area contributed by atoms with E-state index in [2.05, 4.69) is 10.5 Å². The summed E-state index contributed by atoms with van der Waals surface area (Å²) < 4.78 is 22.7. The Labute approximate surface area is 102 Å². The molecule has 0 aromatic rings. The summed E-state index contributed by atoms with van der Waals surface area (Å²) in [4.78, 5) is 0. The predicted octanol–water partition coefficient (Wildman–Crippen LogP) is 0.0699. The Hall–Kier alpha value is -0.820. The van der Waals surface area contributed by atoms with E-state index in [-0.39, 0.29) is 22.9 Å². The molecule has 1 atom stereocenters. The first-order valence-electron chi connectivity index (χ1n) is 5.79. The smallest absolute Gasteiger partial charge is 0.152 e. The molecule has 0 amide bonds. The average molecular weight is 263 g/mol. The number of rotatable bonds is 6. The number of nitrogens with two attached hydrogens (primary N) is 1. The Morgan fingerprint density at radius 1 is 1.53 bits per heavy atom. The van der Waals surface area contributed by atoms with Crippen molar-refractivity contribution in [1.82, 2.24) is 5.32 Å². The van der Waals surface area contributed by atoms with Crippen LogP contribution in [0.3, 0.4) is 0 Å². The first-order chi connectivity index (χ1) is 7.87. The molecular formula is C10H21N3O3S. The lowest BCUT2D eigenvalue weighted by Crippen LogP contribution is -2.43. The van der Waals surface area contributed by atoms with E-state index >= 15 is 0 Å². The number of sulfone groups is 1. The number of unbranched alkanes of at least 4 members (excludes halogenated alkanes) is 1. The van der Waals surface area contributed by atoms with Crippen LogP contribution < -0.4 is 11.1 Å². The van der Waals surface area contributed by atoms with Crippen molar-refractivity contribution in [2.24, 2.45) is 10.9 Å². The summed E-state index contributed by atoms with van der Waals surface area (Å²) in [6, 6.07) is 0. The quantitative estimate of drug-likeness (QED) is 0.207. The van der Waals surface area contributed by atoms with Gasteiger partial charge in [0.15, 0.2) is 9.84 Å². The first kappa shape index (κ1) is 14.2. The molecule has 4 N–H and O–H groups in total. The van der Waals surface area contributed by atoms with Crippen LogP contribution in [0.15, 0.2) is 5.16 Å². The number of hydrogen-bond acceptors (Lipinski definition) is 5. The fourth-order valence-corrected chi connectivity index (χ4v) is 4.14. The summed E-state index contributed by atoms with van der Waals surface area (Å²) in [6.07, 6.45) is 2.94. The summed E-state index contributed by atoms with van der Waals surface area (Å²) in [5, 5.41) is 14.5. The highest BCUT2D eigenvalue weighted by Crippen LogP contribution is 2.22. The Bertz CT molecular complexity index is 380. The topological polar surface area (TPSA) is 105 Å². The van der Waals surface area contributed by atoms with Gasteiger partial charge in [-0.15, -0.1) is 0 Å². The number of amidine groups is 1. The molecule has 6 nitrogen and oxygen atoms in total. The van der Waals surface area contributed by atoms with E-state index in [1.807, 2.05) is 6.92 Å². The summed E-state index contributed by atoms with van der Waals surface area (Å²) in [5.41, 5.74) is 5.06. The van der Waals surface area contributed by atoms with Crippen LogP contribution in [0.1, 0.15) is 32.6 Å². The van der Waals surface area contributed by atoms with Gasteiger partial charge in [0.1, 0.15) is 5.84 Å². The summed E-state index contributed by atoms with van der Waals surface area (Å²) >= 11 is 0. The van der Waals surface area contributed by atoms with Gasteiger partial charge in [-0.2, -0.15) is 0 Å². The highest BCUT2D eigenvalue weighted by molar-refractivity contribution is 7.91. The molecule has 1 rings (SSSR count). The molecule has 1 saturated heterocycles. The molecule has 1 aliphatic rings. The van der Waals surface area contributed by atoms with Crippen LogP contribution in [0, 0.1) is 0 Å². The highest BCUT2D eigenvalue weighted by Gasteiger charge is 2.37. The molecule has 1 heterocycles. The maximum Gasteiger partial charge on any atom is 0.152 e. The van der Waals surface area contributed by atoms with Crippen molar-refractivity contribution < 1.29 is 13.6 Å². The molecule has 100 valence electrons. The van der Waals surface area contributed by atoms with Gasteiger partial charge in [-0.3, -0.25) is 0 Å². The first-order valence-corrected chi connectivity index (χ1v) is 7.61. The Balaban J connectivity index is 2.19. The van der Waals surface area contributed by atoms with Crippen LogP contribution in [0.5, 0.6) is 0 Å². The second-order valence-corrected chi connectivity index (χ2v) is 7.06. The lowest BCUT2D eigenvalue weighted by molar-refractivity contribution is 0.316. The third-order valence-electron chi connectivity index (χ3n) is 3.04. The SMILES string of the molecule is CC1(NCCCCC(N)=NO)CCS(=O)(=O)C1. The second kappa shape index (κ2) is 5.68. The maximum absolute atomic E-state index is 11.4. The van der Waals surface area contributed by atoms with Gasteiger partial charge in [0.25, 0.3) is 0 Å². The Morgan fingerprint density at radius 2 is 2.24 bits per heavy atom. The number of hydrogen-bond donors (Lipinski definition) is 3. The standard InChI is InChI=1S/C10H21N3O3S/c1-10(5-7-17(15,16)8-10)12-6-3-2-4-9(11)13-14/h12,14H,2-8H2,1H3,(H2,11,13). The zero-order valence-electron chi connectivity index (χ0n) is 10.1. The van der Waals surface area contributed by atoms with Crippen LogP contribution >= 0.6 is 0 Å². The minimum Gasteiger partial charge on any atom is -0.409 e. The molecule has 0 aromatic heterocycles. The summed E-state index contributed by atoms with van der Waals surface area (Å²) in [7, 11) is -2.85. The number of oxime groups is 1. The Kier molecular flexibility index (Phi) is 4.76. The van der Waals surface area contributed by atoms with Crippen molar-refractivity contribution in [2.75, 3.05) is 18.1 Å². The van der Waals surface area contributed by atoms with Crippen LogP contribution in [-0.4, -0.2) is 43.1 Å². The van der Waals surface area contributed by atoms with E-state index in [4.69, 9.17) is 10.9 Å². The van der Waals surface area contributed by atoms with E-state index in [0.717, 1.165) is 19.4 Å². The van der Waals surface area contributed by atoms with Crippen LogP contribution in [0.4, 0.5) is 0 Å². The summed E-state index contributed by atoms with van der Waals surface area (Å²) in [6.45, 7) is 2.70. The lowest BCUT2D eigenvalue weighted by atomic mass is 10.0. The molecule has 0 aromatic carbocycles. The molecule has 0 bridgehead atoms. The normalized spacial score (nSPS) is 28.4. The predicted molar refractivity (Wildman–Crippen MR) is 66.9 cm³/mol. The molecule has 7 heteroatoms. The molecule has 1 aliphatic heterocycles. The van der Waals surface area contributed by atoms with Gasteiger partial charge in [0.05, 0.1) is 11.5 Å². The van der Waals surface area contributed by atoms with Gasteiger partial charge in [0, 0.05) is 12.0 Å². The van der Waals surface area contributed by atoms with Crippen LogP contribution in [0.25, 0.3) is 0 Å². The molecule has 0 saturated carbocycles. The molecule has 1 fully saturated rings. The molecule has 0 aliphatic carbocycles. The molecule has 1 unspecified atom stereocenters. The molecule has 17 heavy (non-hydrogen) atoms. The zero-order valence-corrected chi connectivity index (χ0v) is 11.0. The fraction of sp³-hybridized carbons (Fsp3) is 0.900. The maximum atomic E-state index is 11.4. The van der Waals surface area contributed by atoms with Crippen molar-refractivity contribution in [3.8, 4) is 0 Å². The zero-order chi connectivity index (χ0) is 12.9. The lowest BCUT2D eigenvalue weighted by Gasteiger charge is -2.23. The van der Waals surface area contributed by atoms with Crippen LogP contribution in [0.2, 0.25) is 0 Å². The highest BCUT2D eigenvalue weighted by atomic mass is 32.2. The van der Waals surface area contributed by atoms with Gasteiger partial charge in [-0.25, -0.2) is 8.42 Å². The van der Waals surface area contributed by atoms with Gasteiger partial charge >= 0.3 is 0 Å². The van der Waals surface area contributed by atoms with Crippen LogP contribution in [-0.2, 0) is 9.84 Å². The third-order valence-corrected chi connectivity index (χ3v) is 4.95. The van der Waals surface area contributed by atoms with Crippen molar-refractivity contribution in [2.45, 2.75) is 38.1 Å². The average Bonchev–Trinajstić information content (AvgIpc) is 2.52. The fourth-order valence-electron chi connectivity index (χ4n) is 2.02. The monoisotopic (exact) mass is 263 g/mol. The van der Waals surface area contributed by atoms with E-state index < -0.39 is 9.84 Å². The van der Waals surface area contributed by atoms with Gasteiger partial charge < -0.3 is 16.3 Å². The van der Waals surface area contributed by atoms with Crippen molar-refractivity contribution in [3.05, 3.63) is 0 Å². The molecular weight excluding hydrogens is 242 g/mol. The van der Waals surface area contributed by atoms with Crippen molar-refractivity contribution in [1.29, 1.82) is 0 Å². The second-order valence-electron chi connectivity index (χ2n) is 4.88. The van der Waals surface area contributed by atoms with E-state index in [0.29, 0.717) is 12.8 Å².